The van der Waals surface area contributed by atoms with Crippen molar-refractivity contribution in [3.05, 3.63) is 33.6 Å². The molecule has 27 heavy (non-hydrogen) atoms. The predicted octanol–water partition coefficient (Wildman–Crippen LogP) is 3.32. The van der Waals surface area contributed by atoms with Gasteiger partial charge in [-0.25, -0.2) is 14.6 Å². The third kappa shape index (κ3) is 6.49. The van der Waals surface area contributed by atoms with E-state index in [9.17, 15) is 19.8 Å². The van der Waals surface area contributed by atoms with Gasteiger partial charge in [-0.1, -0.05) is 17.7 Å². The largest absolute Gasteiger partial charge is 0.506 e. The number of carboxylic acid groups (broad SMARTS) is 1. The molecule has 0 radical (unpaired) electrons. The summed E-state index contributed by atoms with van der Waals surface area (Å²) in [6.07, 6.45) is -0.863. The summed E-state index contributed by atoms with van der Waals surface area (Å²) >= 11 is 5.89. The quantitative estimate of drug-likeness (QED) is 0.624. The van der Waals surface area contributed by atoms with E-state index in [1.54, 1.807) is 26.8 Å². The van der Waals surface area contributed by atoms with Crippen LogP contribution in [0.4, 0.5) is 10.5 Å². The Labute approximate surface area is 167 Å². The molecule has 0 spiro atoms. The second-order valence-corrected chi connectivity index (χ2v) is 8.71. The number of phenolic OH excluding ortho intramolecular Hbond substituents is 1. The first kappa shape index (κ1) is 21.1. The van der Waals surface area contributed by atoms with E-state index in [2.05, 4.69) is 14.7 Å². The molecule has 2 rings (SSSR count). The Kier molecular flexibility index (Phi) is 6.79. The predicted molar refractivity (Wildman–Crippen MR) is 103 cm³/mol. The molecule has 0 aliphatic heterocycles. The molecule has 2 aromatic rings. The fourth-order valence-corrected chi connectivity index (χ4v) is 4.00. The van der Waals surface area contributed by atoms with Gasteiger partial charge in [-0.3, -0.25) is 0 Å². The smallest absolute Gasteiger partial charge is 0.408 e. The lowest BCUT2D eigenvalue weighted by Gasteiger charge is -2.22. The molecular weight excluding hydrogens is 414 g/mol. The molecule has 1 heterocycles. The number of halogens is 1. The number of nitrogens with zero attached hydrogens (tertiary/aromatic N) is 2. The van der Waals surface area contributed by atoms with Gasteiger partial charge in [0.25, 0.3) is 0 Å². The van der Waals surface area contributed by atoms with Gasteiger partial charge in [0.15, 0.2) is 9.82 Å². The molecule has 0 saturated carbocycles. The van der Waals surface area contributed by atoms with Crippen LogP contribution in [0.3, 0.4) is 0 Å². The lowest BCUT2D eigenvalue weighted by atomic mass is 10.1. The number of carboxylic acids is 1. The number of aromatic hydroxyl groups is 1. The van der Waals surface area contributed by atoms with Crippen molar-refractivity contribution in [2.75, 3.05) is 0 Å². The molecule has 3 N–H and O–H groups in total. The maximum atomic E-state index is 11.8. The number of benzene rings is 1. The molecule has 0 saturated heterocycles. The van der Waals surface area contributed by atoms with Crippen molar-refractivity contribution in [1.29, 1.82) is 0 Å². The molecule has 0 bridgehead atoms. The maximum Gasteiger partial charge on any atom is 0.408 e. The van der Waals surface area contributed by atoms with Crippen molar-refractivity contribution in [1.82, 2.24) is 9.69 Å². The number of hydrogen-bond donors (Lipinski definition) is 3. The van der Waals surface area contributed by atoms with E-state index in [1.807, 2.05) is 0 Å². The van der Waals surface area contributed by atoms with Crippen LogP contribution in [0, 0.1) is 0 Å². The van der Waals surface area contributed by atoms with E-state index in [0.29, 0.717) is 10.2 Å². The van der Waals surface area contributed by atoms with Crippen LogP contribution < -0.4 is 9.99 Å². The van der Waals surface area contributed by atoms with Crippen LogP contribution in [-0.2, 0) is 16.0 Å². The van der Waals surface area contributed by atoms with E-state index in [4.69, 9.17) is 16.3 Å². The lowest BCUT2D eigenvalue weighted by molar-refractivity contribution is -0.139. The summed E-state index contributed by atoms with van der Waals surface area (Å²) in [7, 11) is 2.45. The molecule has 8 nitrogen and oxygen atoms in total. The SMILES string of the molecule is CC(C)(C)OC(=O)N[C@@H](Cc1ccc(N=c2ssnc2Cl)c(O)c1)C(=O)O. The molecule has 0 fully saturated rings. The molecule has 1 atom stereocenters. The summed E-state index contributed by atoms with van der Waals surface area (Å²) in [5.41, 5.74) is 0.0464. The average Bonchev–Trinajstić information content (AvgIpc) is 2.92. The molecule has 0 unspecified atom stereocenters. The number of rotatable bonds is 5. The monoisotopic (exact) mass is 431 g/mol. The molecule has 146 valence electrons. The number of nitrogens with one attached hydrogen (secondary N) is 1. The second kappa shape index (κ2) is 8.68. The van der Waals surface area contributed by atoms with Gasteiger partial charge >= 0.3 is 12.1 Å². The van der Waals surface area contributed by atoms with Gasteiger partial charge in [-0.15, -0.1) is 0 Å². The third-order valence-corrected chi connectivity index (χ3v) is 5.27. The van der Waals surface area contributed by atoms with E-state index in [-0.39, 0.29) is 23.0 Å². The first-order valence-corrected chi connectivity index (χ1v) is 10.2. The molecule has 0 aliphatic rings. The topological polar surface area (TPSA) is 121 Å². The number of carbonyl (C=O) groups is 2. The van der Waals surface area contributed by atoms with Crippen LogP contribution in [0.25, 0.3) is 0 Å². The Bertz CT molecular complexity index is 904. The summed E-state index contributed by atoms with van der Waals surface area (Å²) in [6.45, 7) is 5.04. The zero-order valence-electron chi connectivity index (χ0n) is 14.7. The number of hydrogen-bond acceptors (Lipinski definition) is 8. The summed E-state index contributed by atoms with van der Waals surface area (Å²) in [6, 6.07) is 3.34. The van der Waals surface area contributed by atoms with Crippen molar-refractivity contribution < 1.29 is 24.5 Å². The Morgan fingerprint density at radius 2 is 2.11 bits per heavy atom. The average molecular weight is 432 g/mol. The first-order valence-electron chi connectivity index (χ1n) is 7.75. The van der Waals surface area contributed by atoms with Gasteiger partial charge in [0, 0.05) is 17.0 Å². The van der Waals surface area contributed by atoms with Gasteiger partial charge in [0.2, 0.25) is 0 Å². The Morgan fingerprint density at radius 1 is 1.41 bits per heavy atom. The number of aromatic nitrogens is 1. The van der Waals surface area contributed by atoms with Crippen LogP contribution in [0.5, 0.6) is 5.75 Å². The highest BCUT2D eigenvalue weighted by Gasteiger charge is 2.24. The van der Waals surface area contributed by atoms with Gasteiger partial charge in [0.1, 0.15) is 23.1 Å². The number of carbonyl (C=O) groups excluding carboxylic acids is 1. The molecule has 0 aliphatic carbocycles. The highest BCUT2D eigenvalue weighted by molar-refractivity contribution is 7.66. The van der Waals surface area contributed by atoms with Crippen molar-refractivity contribution in [3.63, 3.8) is 0 Å². The van der Waals surface area contributed by atoms with Crippen LogP contribution >= 0.6 is 32.5 Å². The van der Waals surface area contributed by atoms with Gasteiger partial charge < -0.3 is 20.3 Å². The highest BCUT2D eigenvalue weighted by atomic mass is 35.5. The van der Waals surface area contributed by atoms with Crippen LogP contribution in [0.1, 0.15) is 26.3 Å². The summed E-state index contributed by atoms with van der Waals surface area (Å²) in [4.78, 5) is 27.5. The Morgan fingerprint density at radius 3 is 2.63 bits per heavy atom. The minimum Gasteiger partial charge on any atom is -0.506 e. The van der Waals surface area contributed by atoms with E-state index in [0.717, 1.165) is 0 Å². The van der Waals surface area contributed by atoms with Gasteiger partial charge in [0.05, 0.1) is 0 Å². The molecule has 1 aromatic heterocycles. The second-order valence-electron chi connectivity index (χ2n) is 6.52. The summed E-state index contributed by atoms with van der Waals surface area (Å²) < 4.78 is 9.45. The minimum atomic E-state index is -1.22. The fourth-order valence-electron chi connectivity index (χ4n) is 2.01. The van der Waals surface area contributed by atoms with Gasteiger partial charge in [-0.05, 0) is 48.8 Å². The zero-order valence-corrected chi connectivity index (χ0v) is 17.1. The van der Waals surface area contributed by atoms with E-state index < -0.39 is 23.7 Å². The third-order valence-electron chi connectivity index (χ3n) is 3.10. The molecule has 1 amide bonds. The Hall–Kier alpha value is -2.17. The summed E-state index contributed by atoms with van der Waals surface area (Å²) in [5, 5.41) is 22.1. The van der Waals surface area contributed by atoms with E-state index >= 15 is 0 Å². The maximum absolute atomic E-state index is 11.8. The number of aliphatic carboxylic acids is 1. The van der Waals surface area contributed by atoms with Crippen LogP contribution in [-0.4, -0.2) is 38.3 Å². The van der Waals surface area contributed by atoms with E-state index in [1.165, 1.54) is 33.0 Å². The highest BCUT2D eigenvalue weighted by Crippen LogP contribution is 2.28. The fraction of sp³-hybridized carbons (Fsp3) is 0.375. The summed E-state index contributed by atoms with van der Waals surface area (Å²) in [5.74, 6) is -1.35. The van der Waals surface area contributed by atoms with Gasteiger partial charge in [-0.2, -0.15) is 4.37 Å². The van der Waals surface area contributed by atoms with Crippen molar-refractivity contribution >= 4 is 50.2 Å². The van der Waals surface area contributed by atoms with Crippen LogP contribution in [0.15, 0.2) is 23.2 Å². The number of amides is 1. The van der Waals surface area contributed by atoms with Crippen molar-refractivity contribution in [2.45, 2.75) is 38.8 Å². The van der Waals surface area contributed by atoms with Crippen molar-refractivity contribution in [2.24, 2.45) is 4.99 Å². The zero-order chi connectivity index (χ0) is 20.2. The molecule has 1 aromatic carbocycles. The number of phenols is 1. The minimum absolute atomic E-state index is 0.0359. The normalized spacial score (nSPS) is 13.3. The van der Waals surface area contributed by atoms with Crippen molar-refractivity contribution in [3.8, 4) is 5.75 Å². The Balaban J connectivity index is 2.15. The standard InChI is InChI=1S/C16H18ClN3O5S2/c1-16(2,3)25-15(24)19-10(14(22)23)6-8-4-5-9(11(21)7-8)18-13-12(17)20-27-26-13/h4-5,7,10,21H,6H2,1-3H3,(H,19,24)(H,22,23)/t10-/m0/s1. The lowest BCUT2D eigenvalue weighted by Crippen LogP contribution is -2.44. The molecule has 11 heteroatoms. The molecular formula is C16H18ClN3O5S2. The van der Waals surface area contributed by atoms with Crippen LogP contribution in [0.2, 0.25) is 5.15 Å². The number of ether oxygens (including phenoxy) is 1. The first-order chi connectivity index (χ1) is 12.5. The number of alkyl carbamates (subject to hydrolysis) is 1.